The summed E-state index contributed by atoms with van der Waals surface area (Å²) in [6, 6.07) is 1.86. The molecule has 0 bridgehead atoms. The second-order valence-electron chi connectivity index (χ2n) is 3.31. The lowest BCUT2D eigenvalue weighted by Gasteiger charge is -2.11. The molecular weight excluding hydrogens is 190 g/mol. The zero-order valence-corrected chi connectivity index (χ0v) is 7.46. The van der Waals surface area contributed by atoms with Gasteiger partial charge >= 0.3 is 0 Å². The normalized spacial score (nSPS) is 20.9. The number of rotatable bonds is 0. The van der Waals surface area contributed by atoms with Crippen LogP contribution in [-0.4, -0.2) is 11.7 Å². The maximum absolute atomic E-state index is 13.3. The Bertz CT molecular complexity index is 352. The van der Waals surface area contributed by atoms with Crippen molar-refractivity contribution in [1.82, 2.24) is 0 Å². The highest BCUT2D eigenvalue weighted by molar-refractivity contribution is 5.37. The number of benzene rings is 1. The SMILES string of the molecule is OC1CCCOc2cc(F)cc(F)c21. The predicted octanol–water partition coefficient (Wildman–Crippen LogP) is 2.17. The van der Waals surface area contributed by atoms with Crippen LogP contribution in [0.1, 0.15) is 24.5 Å². The Morgan fingerprint density at radius 3 is 2.93 bits per heavy atom. The van der Waals surface area contributed by atoms with E-state index < -0.39 is 17.7 Å². The van der Waals surface area contributed by atoms with E-state index in [0.29, 0.717) is 19.4 Å². The average molecular weight is 200 g/mol. The molecule has 1 aromatic carbocycles. The summed E-state index contributed by atoms with van der Waals surface area (Å²) in [6.45, 7) is 0.382. The first-order valence-corrected chi connectivity index (χ1v) is 4.48. The zero-order valence-electron chi connectivity index (χ0n) is 7.46. The molecule has 1 heterocycles. The van der Waals surface area contributed by atoms with E-state index in [9.17, 15) is 13.9 Å². The van der Waals surface area contributed by atoms with Gasteiger partial charge in [-0.1, -0.05) is 0 Å². The number of fused-ring (bicyclic) bond motifs is 1. The van der Waals surface area contributed by atoms with Gasteiger partial charge in [0.05, 0.1) is 18.3 Å². The number of halogens is 2. The molecule has 1 aliphatic heterocycles. The molecule has 76 valence electrons. The maximum atomic E-state index is 13.3. The Morgan fingerprint density at radius 2 is 2.14 bits per heavy atom. The van der Waals surface area contributed by atoms with Crippen LogP contribution in [0.5, 0.6) is 5.75 Å². The van der Waals surface area contributed by atoms with E-state index in [1.54, 1.807) is 0 Å². The summed E-state index contributed by atoms with van der Waals surface area (Å²) in [5.41, 5.74) is 0.0731. The van der Waals surface area contributed by atoms with Crippen LogP contribution >= 0.6 is 0 Å². The van der Waals surface area contributed by atoms with Crippen molar-refractivity contribution in [2.45, 2.75) is 18.9 Å². The summed E-state index contributed by atoms with van der Waals surface area (Å²) in [7, 11) is 0. The van der Waals surface area contributed by atoms with Gasteiger partial charge in [-0.2, -0.15) is 0 Å². The van der Waals surface area contributed by atoms with Gasteiger partial charge in [-0.3, -0.25) is 0 Å². The molecule has 0 spiro atoms. The minimum absolute atomic E-state index is 0.0731. The smallest absolute Gasteiger partial charge is 0.135 e. The average Bonchev–Trinajstić information content (AvgIpc) is 2.27. The van der Waals surface area contributed by atoms with E-state index in [1.807, 2.05) is 0 Å². The van der Waals surface area contributed by atoms with Crippen molar-refractivity contribution in [1.29, 1.82) is 0 Å². The largest absolute Gasteiger partial charge is 0.493 e. The van der Waals surface area contributed by atoms with Gasteiger partial charge in [-0.25, -0.2) is 8.78 Å². The molecule has 0 radical (unpaired) electrons. The molecule has 0 aliphatic carbocycles. The first-order valence-electron chi connectivity index (χ1n) is 4.48. The van der Waals surface area contributed by atoms with Crippen molar-refractivity contribution in [3.8, 4) is 5.75 Å². The van der Waals surface area contributed by atoms with Crippen LogP contribution < -0.4 is 4.74 Å². The van der Waals surface area contributed by atoms with Crippen molar-refractivity contribution in [2.24, 2.45) is 0 Å². The third-order valence-corrected chi connectivity index (χ3v) is 2.27. The van der Waals surface area contributed by atoms with E-state index in [2.05, 4.69) is 0 Å². The van der Waals surface area contributed by atoms with Crippen molar-refractivity contribution in [2.75, 3.05) is 6.61 Å². The maximum Gasteiger partial charge on any atom is 0.135 e. The van der Waals surface area contributed by atoms with Gasteiger partial charge in [-0.15, -0.1) is 0 Å². The van der Waals surface area contributed by atoms with Crippen molar-refractivity contribution in [3.05, 3.63) is 29.3 Å². The lowest BCUT2D eigenvalue weighted by atomic mass is 10.0. The van der Waals surface area contributed by atoms with Gasteiger partial charge in [0, 0.05) is 12.1 Å². The van der Waals surface area contributed by atoms with E-state index in [0.717, 1.165) is 12.1 Å². The molecule has 1 unspecified atom stereocenters. The number of ether oxygens (including phenoxy) is 1. The fourth-order valence-electron chi connectivity index (χ4n) is 1.61. The molecule has 14 heavy (non-hydrogen) atoms. The highest BCUT2D eigenvalue weighted by Gasteiger charge is 2.22. The molecule has 4 heteroatoms. The van der Waals surface area contributed by atoms with Gasteiger partial charge in [-0.05, 0) is 12.8 Å². The molecule has 0 aromatic heterocycles. The number of aliphatic hydroxyl groups excluding tert-OH is 1. The molecule has 0 fully saturated rings. The summed E-state index contributed by atoms with van der Waals surface area (Å²) >= 11 is 0. The molecule has 1 atom stereocenters. The van der Waals surface area contributed by atoms with Gasteiger partial charge in [0.2, 0.25) is 0 Å². The Kier molecular flexibility index (Phi) is 2.37. The molecular formula is C10H10F2O2. The van der Waals surface area contributed by atoms with E-state index >= 15 is 0 Å². The second-order valence-corrected chi connectivity index (χ2v) is 3.31. The number of hydrogen-bond donors (Lipinski definition) is 1. The molecule has 2 rings (SSSR count). The van der Waals surface area contributed by atoms with E-state index in [4.69, 9.17) is 4.74 Å². The summed E-state index contributed by atoms with van der Waals surface area (Å²) in [6.07, 6.45) is 0.181. The predicted molar refractivity (Wildman–Crippen MR) is 46.0 cm³/mol. The van der Waals surface area contributed by atoms with Crippen molar-refractivity contribution in [3.63, 3.8) is 0 Å². The molecule has 1 aliphatic rings. The van der Waals surface area contributed by atoms with Crippen molar-refractivity contribution < 1.29 is 18.6 Å². The monoisotopic (exact) mass is 200 g/mol. The van der Waals surface area contributed by atoms with Crippen LogP contribution in [0.3, 0.4) is 0 Å². The van der Waals surface area contributed by atoms with Gasteiger partial charge < -0.3 is 9.84 Å². The highest BCUT2D eigenvalue weighted by atomic mass is 19.1. The standard InChI is InChI=1S/C10H10F2O2/c11-6-4-7(12)10-8(13)2-1-3-14-9(10)5-6/h4-5,8,13H,1-3H2. The minimum atomic E-state index is -0.895. The fraction of sp³-hybridized carbons (Fsp3) is 0.400. The molecule has 2 nitrogen and oxygen atoms in total. The Morgan fingerprint density at radius 1 is 1.36 bits per heavy atom. The van der Waals surface area contributed by atoms with E-state index in [-0.39, 0.29) is 11.3 Å². The molecule has 1 N–H and O–H groups in total. The number of aliphatic hydroxyl groups is 1. The Hall–Kier alpha value is -1.16. The van der Waals surface area contributed by atoms with Gasteiger partial charge in [0.1, 0.15) is 17.4 Å². The summed E-state index contributed by atoms with van der Waals surface area (Å²) in [5, 5.41) is 9.57. The molecule has 0 saturated carbocycles. The second kappa shape index (κ2) is 3.53. The zero-order chi connectivity index (χ0) is 10.1. The number of hydrogen-bond acceptors (Lipinski definition) is 2. The first kappa shape index (κ1) is 9.40. The van der Waals surface area contributed by atoms with Gasteiger partial charge in [0.15, 0.2) is 0 Å². The summed E-state index contributed by atoms with van der Waals surface area (Å²) in [5.74, 6) is -1.31. The van der Waals surface area contributed by atoms with Crippen LogP contribution in [0.2, 0.25) is 0 Å². The fourth-order valence-corrected chi connectivity index (χ4v) is 1.61. The first-order chi connectivity index (χ1) is 6.68. The van der Waals surface area contributed by atoms with Crippen LogP contribution in [0, 0.1) is 11.6 Å². The minimum Gasteiger partial charge on any atom is -0.493 e. The molecule has 1 aromatic rings. The summed E-state index contributed by atoms with van der Waals surface area (Å²) in [4.78, 5) is 0. The topological polar surface area (TPSA) is 29.5 Å². The highest BCUT2D eigenvalue weighted by Crippen LogP contribution is 2.34. The van der Waals surface area contributed by atoms with Crippen LogP contribution in [0.15, 0.2) is 12.1 Å². The Labute approximate surface area is 80.1 Å². The van der Waals surface area contributed by atoms with Crippen molar-refractivity contribution >= 4 is 0 Å². The third-order valence-electron chi connectivity index (χ3n) is 2.27. The lowest BCUT2D eigenvalue weighted by molar-refractivity contribution is 0.163. The third kappa shape index (κ3) is 1.57. The summed E-state index contributed by atoms with van der Waals surface area (Å²) < 4.78 is 31.2. The van der Waals surface area contributed by atoms with Crippen LogP contribution in [-0.2, 0) is 0 Å². The quantitative estimate of drug-likeness (QED) is 0.695. The van der Waals surface area contributed by atoms with Crippen LogP contribution in [0.25, 0.3) is 0 Å². The van der Waals surface area contributed by atoms with E-state index in [1.165, 1.54) is 0 Å². The van der Waals surface area contributed by atoms with Crippen LogP contribution in [0.4, 0.5) is 8.78 Å². The Balaban J connectivity index is 2.53. The lowest BCUT2D eigenvalue weighted by Crippen LogP contribution is -2.01. The van der Waals surface area contributed by atoms with Gasteiger partial charge in [0.25, 0.3) is 0 Å². The molecule has 0 saturated heterocycles. The molecule has 0 amide bonds.